The second kappa shape index (κ2) is 5.55. The topological polar surface area (TPSA) is 72.2 Å². The predicted octanol–water partition coefficient (Wildman–Crippen LogP) is 2.73. The van der Waals surface area contributed by atoms with E-state index in [9.17, 15) is 8.42 Å². The predicted molar refractivity (Wildman–Crippen MR) is 83.4 cm³/mol. The van der Waals surface area contributed by atoms with Crippen molar-refractivity contribution < 1.29 is 8.42 Å². The Labute approximate surface area is 123 Å². The van der Waals surface area contributed by atoms with E-state index in [4.69, 9.17) is 5.73 Å². The summed E-state index contributed by atoms with van der Waals surface area (Å²) in [5, 5.41) is 3.94. The molecule has 0 aliphatic carbocycles. The molecule has 4 nitrogen and oxygen atoms in total. The van der Waals surface area contributed by atoms with Gasteiger partial charge in [-0.15, -0.1) is 0 Å². The van der Waals surface area contributed by atoms with Gasteiger partial charge in [-0.3, -0.25) is 0 Å². The first kappa shape index (κ1) is 15.0. The van der Waals surface area contributed by atoms with Crippen molar-refractivity contribution in [1.82, 2.24) is 4.72 Å². The summed E-state index contributed by atoms with van der Waals surface area (Å²) in [6.45, 7) is 5.89. The average molecular weight is 310 g/mol. The summed E-state index contributed by atoms with van der Waals surface area (Å²) in [6, 6.07) is 3.46. The lowest BCUT2D eigenvalue weighted by Gasteiger charge is -2.13. The van der Waals surface area contributed by atoms with Crippen LogP contribution in [0, 0.1) is 20.8 Å². The zero-order valence-electron chi connectivity index (χ0n) is 11.7. The van der Waals surface area contributed by atoms with Gasteiger partial charge in [0.15, 0.2) is 0 Å². The van der Waals surface area contributed by atoms with Crippen molar-refractivity contribution in [3.8, 4) is 0 Å². The Kier molecular flexibility index (Phi) is 4.17. The Hall–Kier alpha value is -1.37. The minimum Gasteiger partial charge on any atom is -0.398 e. The van der Waals surface area contributed by atoms with Crippen molar-refractivity contribution in [2.24, 2.45) is 0 Å². The number of anilines is 1. The van der Waals surface area contributed by atoms with E-state index in [0.717, 1.165) is 16.7 Å². The molecule has 20 heavy (non-hydrogen) atoms. The average Bonchev–Trinajstić information content (AvgIpc) is 2.77. The van der Waals surface area contributed by atoms with E-state index in [-0.39, 0.29) is 17.1 Å². The molecule has 0 aliphatic heterocycles. The molecule has 0 saturated carbocycles. The highest BCUT2D eigenvalue weighted by Gasteiger charge is 2.21. The SMILES string of the molecule is Cc1cscc1CNS(=O)(=O)c1c(N)ccc(C)c1C. The van der Waals surface area contributed by atoms with E-state index >= 15 is 0 Å². The second-order valence-corrected chi connectivity index (χ2v) is 7.28. The molecule has 0 aliphatic rings. The lowest BCUT2D eigenvalue weighted by Crippen LogP contribution is -2.25. The molecular formula is C14H18N2O2S2. The number of nitrogens with one attached hydrogen (secondary N) is 1. The first-order valence-electron chi connectivity index (χ1n) is 6.20. The zero-order valence-corrected chi connectivity index (χ0v) is 13.4. The fourth-order valence-corrected chi connectivity index (χ4v) is 4.27. The number of nitrogen functional groups attached to an aromatic ring is 1. The molecule has 0 bridgehead atoms. The number of aryl methyl sites for hydroxylation is 2. The summed E-state index contributed by atoms with van der Waals surface area (Å²) in [5.74, 6) is 0. The van der Waals surface area contributed by atoms with Crippen molar-refractivity contribution in [2.75, 3.05) is 5.73 Å². The molecule has 0 fully saturated rings. The Morgan fingerprint density at radius 1 is 1.15 bits per heavy atom. The summed E-state index contributed by atoms with van der Waals surface area (Å²) in [6.07, 6.45) is 0. The number of thiophene rings is 1. The van der Waals surface area contributed by atoms with Gasteiger partial charge in [-0.25, -0.2) is 13.1 Å². The normalized spacial score (nSPS) is 11.8. The van der Waals surface area contributed by atoms with Crippen LogP contribution in [0.3, 0.4) is 0 Å². The molecule has 1 heterocycles. The van der Waals surface area contributed by atoms with Crippen LogP contribution in [0.2, 0.25) is 0 Å². The van der Waals surface area contributed by atoms with Crippen molar-refractivity contribution in [1.29, 1.82) is 0 Å². The maximum absolute atomic E-state index is 12.4. The standard InChI is InChI=1S/C14H18N2O2S2/c1-9-4-5-13(15)14(11(9)3)20(17,18)16-6-12-8-19-7-10(12)2/h4-5,7-8,16H,6,15H2,1-3H3. The van der Waals surface area contributed by atoms with Crippen LogP contribution in [0.1, 0.15) is 22.3 Å². The van der Waals surface area contributed by atoms with Gasteiger partial charge in [-0.05, 0) is 59.9 Å². The summed E-state index contributed by atoms with van der Waals surface area (Å²) < 4.78 is 27.5. The molecule has 108 valence electrons. The third-order valence-corrected chi connectivity index (χ3v) is 5.90. The smallest absolute Gasteiger partial charge is 0.243 e. The van der Waals surface area contributed by atoms with Gasteiger partial charge in [0.25, 0.3) is 0 Å². The molecule has 0 saturated heterocycles. The number of benzene rings is 1. The monoisotopic (exact) mass is 310 g/mol. The lowest BCUT2D eigenvalue weighted by atomic mass is 10.1. The molecule has 0 spiro atoms. The zero-order chi connectivity index (χ0) is 14.9. The number of hydrogen-bond acceptors (Lipinski definition) is 4. The minimum atomic E-state index is -3.61. The van der Waals surface area contributed by atoms with Crippen molar-refractivity contribution in [3.05, 3.63) is 45.1 Å². The van der Waals surface area contributed by atoms with Crippen LogP contribution in [0.4, 0.5) is 5.69 Å². The van der Waals surface area contributed by atoms with Crippen LogP contribution in [0.15, 0.2) is 27.8 Å². The van der Waals surface area contributed by atoms with Crippen molar-refractivity contribution >= 4 is 27.0 Å². The van der Waals surface area contributed by atoms with Gasteiger partial charge in [-0.2, -0.15) is 11.3 Å². The third-order valence-electron chi connectivity index (χ3n) is 3.39. The Balaban J connectivity index is 2.32. The fourth-order valence-electron chi connectivity index (χ4n) is 1.98. The molecule has 0 atom stereocenters. The number of rotatable bonds is 4. The molecule has 2 aromatic rings. The quantitative estimate of drug-likeness (QED) is 0.853. The summed E-state index contributed by atoms with van der Waals surface area (Å²) in [7, 11) is -3.61. The molecule has 1 aromatic heterocycles. The van der Waals surface area contributed by atoms with E-state index < -0.39 is 10.0 Å². The Morgan fingerprint density at radius 2 is 1.85 bits per heavy atom. The molecule has 0 unspecified atom stereocenters. The van der Waals surface area contributed by atoms with Crippen molar-refractivity contribution in [3.63, 3.8) is 0 Å². The lowest BCUT2D eigenvalue weighted by molar-refractivity contribution is 0.581. The van der Waals surface area contributed by atoms with Crippen LogP contribution in [-0.4, -0.2) is 8.42 Å². The maximum atomic E-state index is 12.4. The Bertz CT molecular complexity index is 734. The molecule has 6 heteroatoms. The maximum Gasteiger partial charge on any atom is 0.243 e. The summed E-state index contributed by atoms with van der Waals surface area (Å²) in [5.41, 5.74) is 9.80. The highest BCUT2D eigenvalue weighted by molar-refractivity contribution is 7.89. The molecule has 0 radical (unpaired) electrons. The van der Waals surface area contributed by atoms with E-state index in [1.807, 2.05) is 30.7 Å². The van der Waals surface area contributed by atoms with Gasteiger partial charge in [0.05, 0.1) is 5.69 Å². The molecule has 1 aromatic carbocycles. The van der Waals surface area contributed by atoms with Crippen LogP contribution < -0.4 is 10.5 Å². The molecular weight excluding hydrogens is 292 g/mol. The van der Waals surface area contributed by atoms with Gasteiger partial charge in [0, 0.05) is 6.54 Å². The number of hydrogen-bond donors (Lipinski definition) is 2. The number of sulfonamides is 1. The second-order valence-electron chi connectivity index (χ2n) is 4.83. The summed E-state index contributed by atoms with van der Waals surface area (Å²) >= 11 is 1.56. The first-order chi connectivity index (χ1) is 9.33. The minimum absolute atomic E-state index is 0.186. The van der Waals surface area contributed by atoms with E-state index in [1.54, 1.807) is 24.3 Å². The van der Waals surface area contributed by atoms with Gasteiger partial charge < -0.3 is 5.73 Å². The van der Waals surface area contributed by atoms with Crippen LogP contribution in [0.5, 0.6) is 0 Å². The highest BCUT2D eigenvalue weighted by Crippen LogP contribution is 2.25. The van der Waals surface area contributed by atoms with E-state index in [0.29, 0.717) is 5.56 Å². The van der Waals surface area contributed by atoms with E-state index in [2.05, 4.69) is 4.72 Å². The first-order valence-corrected chi connectivity index (χ1v) is 8.62. The third kappa shape index (κ3) is 2.87. The highest BCUT2D eigenvalue weighted by atomic mass is 32.2. The van der Waals surface area contributed by atoms with Crippen molar-refractivity contribution in [2.45, 2.75) is 32.2 Å². The van der Waals surface area contributed by atoms with Gasteiger partial charge in [-0.1, -0.05) is 6.07 Å². The van der Waals surface area contributed by atoms with Crippen LogP contribution >= 0.6 is 11.3 Å². The van der Waals surface area contributed by atoms with E-state index in [1.165, 1.54) is 0 Å². The van der Waals surface area contributed by atoms with Crippen LogP contribution in [0.25, 0.3) is 0 Å². The van der Waals surface area contributed by atoms with Crippen LogP contribution in [-0.2, 0) is 16.6 Å². The molecule has 0 amide bonds. The van der Waals surface area contributed by atoms with Gasteiger partial charge in [0.1, 0.15) is 4.90 Å². The molecule has 3 N–H and O–H groups in total. The largest absolute Gasteiger partial charge is 0.398 e. The number of nitrogens with two attached hydrogens (primary N) is 1. The molecule has 2 rings (SSSR count). The van der Waals surface area contributed by atoms with Gasteiger partial charge in [0.2, 0.25) is 10.0 Å². The summed E-state index contributed by atoms with van der Waals surface area (Å²) in [4.78, 5) is 0.186. The fraction of sp³-hybridized carbons (Fsp3) is 0.286. The Morgan fingerprint density at radius 3 is 2.45 bits per heavy atom. The van der Waals surface area contributed by atoms with Gasteiger partial charge >= 0.3 is 0 Å².